The van der Waals surface area contributed by atoms with Gasteiger partial charge in [0.05, 0.1) is 29.5 Å². The minimum atomic E-state index is 0.0199. The number of aromatic nitrogens is 2. The first-order valence-electron chi connectivity index (χ1n) is 7.61. The van der Waals surface area contributed by atoms with Crippen LogP contribution in [0.2, 0.25) is 5.02 Å². The SMILES string of the molecule is CN(C)CCn1ncc(Cl)c1C(CC1=CCCCC1)NN. The van der Waals surface area contributed by atoms with E-state index in [4.69, 9.17) is 17.4 Å². The van der Waals surface area contributed by atoms with Crippen LogP contribution < -0.4 is 11.3 Å². The van der Waals surface area contributed by atoms with E-state index in [1.165, 1.54) is 31.3 Å². The lowest BCUT2D eigenvalue weighted by Crippen LogP contribution is -2.31. The molecule has 1 aliphatic carbocycles. The number of nitrogens with one attached hydrogen (secondary N) is 1. The Kier molecular flexibility index (Phi) is 6.23. The third-order valence-corrected chi connectivity index (χ3v) is 4.27. The molecule has 0 radical (unpaired) electrons. The Morgan fingerprint density at radius 3 is 2.90 bits per heavy atom. The van der Waals surface area contributed by atoms with Gasteiger partial charge in [0.1, 0.15) is 0 Å². The third-order valence-electron chi connectivity index (χ3n) is 3.97. The van der Waals surface area contributed by atoms with Gasteiger partial charge in [0, 0.05) is 6.54 Å². The van der Waals surface area contributed by atoms with Crippen molar-refractivity contribution in [3.8, 4) is 0 Å². The van der Waals surface area contributed by atoms with Crippen molar-refractivity contribution >= 4 is 11.6 Å². The summed E-state index contributed by atoms with van der Waals surface area (Å²) in [6.07, 6.45) is 9.89. The number of hydrazine groups is 1. The van der Waals surface area contributed by atoms with E-state index in [-0.39, 0.29) is 6.04 Å². The van der Waals surface area contributed by atoms with Crippen LogP contribution in [0, 0.1) is 0 Å². The second-order valence-corrected chi connectivity index (χ2v) is 6.34. The summed E-state index contributed by atoms with van der Waals surface area (Å²) in [6, 6.07) is 0.0199. The highest BCUT2D eigenvalue weighted by molar-refractivity contribution is 6.31. The van der Waals surface area contributed by atoms with Crippen LogP contribution in [0.15, 0.2) is 17.8 Å². The topological polar surface area (TPSA) is 59.1 Å². The van der Waals surface area contributed by atoms with E-state index < -0.39 is 0 Å². The molecule has 0 saturated heterocycles. The zero-order valence-corrected chi connectivity index (χ0v) is 13.7. The highest BCUT2D eigenvalue weighted by atomic mass is 35.5. The summed E-state index contributed by atoms with van der Waals surface area (Å²) in [5, 5.41) is 5.08. The molecule has 5 nitrogen and oxygen atoms in total. The summed E-state index contributed by atoms with van der Waals surface area (Å²) in [5.74, 6) is 5.79. The lowest BCUT2D eigenvalue weighted by molar-refractivity contribution is 0.361. The van der Waals surface area contributed by atoms with Gasteiger partial charge in [-0.3, -0.25) is 16.0 Å². The predicted octanol–water partition coefficient (Wildman–Crippen LogP) is 2.49. The van der Waals surface area contributed by atoms with E-state index in [1.807, 2.05) is 4.68 Å². The van der Waals surface area contributed by atoms with Gasteiger partial charge in [-0.25, -0.2) is 0 Å². The first-order valence-corrected chi connectivity index (χ1v) is 7.99. The minimum Gasteiger partial charge on any atom is -0.308 e. The van der Waals surface area contributed by atoms with Crippen molar-refractivity contribution in [2.75, 3.05) is 20.6 Å². The second-order valence-electron chi connectivity index (χ2n) is 5.94. The number of likely N-dealkylation sites (N-methyl/N-ethyl adjacent to an activating group) is 1. The maximum absolute atomic E-state index is 6.34. The molecule has 3 N–H and O–H groups in total. The fraction of sp³-hybridized carbons (Fsp3) is 0.667. The Bertz CT molecular complexity index is 480. The van der Waals surface area contributed by atoms with Gasteiger partial charge in [-0.05, 0) is 46.2 Å². The quantitative estimate of drug-likeness (QED) is 0.461. The van der Waals surface area contributed by atoms with Gasteiger partial charge < -0.3 is 4.90 Å². The maximum atomic E-state index is 6.34. The summed E-state index contributed by atoms with van der Waals surface area (Å²) >= 11 is 6.34. The highest BCUT2D eigenvalue weighted by Gasteiger charge is 2.21. The van der Waals surface area contributed by atoms with E-state index in [0.717, 1.165) is 25.2 Å². The molecule has 118 valence electrons. The van der Waals surface area contributed by atoms with Gasteiger partial charge in [-0.2, -0.15) is 5.10 Å². The molecule has 21 heavy (non-hydrogen) atoms. The molecule has 6 heteroatoms. The summed E-state index contributed by atoms with van der Waals surface area (Å²) in [4.78, 5) is 2.13. The van der Waals surface area contributed by atoms with E-state index in [1.54, 1.807) is 6.20 Å². The molecule has 0 bridgehead atoms. The van der Waals surface area contributed by atoms with Crippen molar-refractivity contribution in [3.05, 3.63) is 28.6 Å². The van der Waals surface area contributed by atoms with Crippen molar-refractivity contribution in [1.29, 1.82) is 0 Å². The molecule has 1 aromatic rings. The zero-order chi connectivity index (χ0) is 15.2. The molecule has 0 aromatic carbocycles. The van der Waals surface area contributed by atoms with Crippen LogP contribution >= 0.6 is 11.6 Å². The molecule has 1 heterocycles. The van der Waals surface area contributed by atoms with Gasteiger partial charge in [0.25, 0.3) is 0 Å². The maximum Gasteiger partial charge on any atom is 0.0834 e. The molecule has 0 fully saturated rings. The van der Waals surface area contributed by atoms with Gasteiger partial charge in [0.2, 0.25) is 0 Å². The molecular formula is C15H26ClN5. The summed E-state index contributed by atoms with van der Waals surface area (Å²) in [7, 11) is 4.10. The molecule has 0 aliphatic heterocycles. The Morgan fingerprint density at radius 1 is 1.48 bits per heavy atom. The van der Waals surface area contributed by atoms with Gasteiger partial charge >= 0.3 is 0 Å². The zero-order valence-electron chi connectivity index (χ0n) is 13.0. The lowest BCUT2D eigenvalue weighted by atomic mass is 9.93. The summed E-state index contributed by atoms with van der Waals surface area (Å²) < 4.78 is 1.97. The van der Waals surface area contributed by atoms with Crippen molar-refractivity contribution in [1.82, 2.24) is 20.1 Å². The molecule has 2 rings (SSSR count). The fourth-order valence-corrected chi connectivity index (χ4v) is 3.05. The average Bonchev–Trinajstić information content (AvgIpc) is 2.85. The molecular weight excluding hydrogens is 286 g/mol. The Balaban J connectivity index is 2.12. The number of rotatable bonds is 7. The molecule has 1 aromatic heterocycles. The van der Waals surface area contributed by atoms with Crippen LogP contribution in [-0.4, -0.2) is 35.3 Å². The largest absolute Gasteiger partial charge is 0.308 e. The number of hydrogen-bond acceptors (Lipinski definition) is 4. The van der Waals surface area contributed by atoms with E-state index >= 15 is 0 Å². The first kappa shape index (κ1) is 16.5. The van der Waals surface area contributed by atoms with E-state index in [9.17, 15) is 0 Å². The Labute approximate surface area is 132 Å². The second kappa shape index (κ2) is 7.94. The lowest BCUT2D eigenvalue weighted by Gasteiger charge is -2.22. The minimum absolute atomic E-state index is 0.0199. The number of nitrogens with two attached hydrogens (primary N) is 1. The van der Waals surface area contributed by atoms with E-state index in [0.29, 0.717) is 5.02 Å². The average molecular weight is 312 g/mol. The summed E-state index contributed by atoms with van der Waals surface area (Å²) in [6.45, 7) is 1.73. The molecule has 0 spiro atoms. The van der Waals surface area contributed by atoms with Crippen molar-refractivity contribution in [2.24, 2.45) is 5.84 Å². The Hall–Kier alpha value is -0.880. The molecule has 1 aliphatic rings. The van der Waals surface area contributed by atoms with Crippen LogP contribution in [0.5, 0.6) is 0 Å². The predicted molar refractivity (Wildman–Crippen MR) is 87.0 cm³/mol. The first-order chi connectivity index (χ1) is 10.1. The van der Waals surface area contributed by atoms with Gasteiger partial charge in [-0.15, -0.1) is 0 Å². The number of allylic oxidation sites excluding steroid dienone is 1. The van der Waals surface area contributed by atoms with E-state index in [2.05, 4.69) is 35.6 Å². The molecule has 1 atom stereocenters. The van der Waals surface area contributed by atoms with Gasteiger partial charge in [0.15, 0.2) is 0 Å². The van der Waals surface area contributed by atoms with Crippen molar-refractivity contribution < 1.29 is 0 Å². The number of nitrogens with zero attached hydrogens (tertiary/aromatic N) is 3. The molecule has 0 saturated carbocycles. The highest BCUT2D eigenvalue weighted by Crippen LogP contribution is 2.30. The van der Waals surface area contributed by atoms with Crippen LogP contribution in [0.25, 0.3) is 0 Å². The van der Waals surface area contributed by atoms with Crippen LogP contribution in [0.3, 0.4) is 0 Å². The number of halogens is 1. The Morgan fingerprint density at radius 2 is 2.29 bits per heavy atom. The monoisotopic (exact) mass is 311 g/mol. The fourth-order valence-electron chi connectivity index (χ4n) is 2.78. The van der Waals surface area contributed by atoms with Crippen LogP contribution in [0.4, 0.5) is 0 Å². The normalized spacial score (nSPS) is 17.1. The molecule has 1 unspecified atom stereocenters. The number of hydrogen-bond donors (Lipinski definition) is 2. The van der Waals surface area contributed by atoms with Crippen molar-refractivity contribution in [2.45, 2.75) is 44.7 Å². The smallest absolute Gasteiger partial charge is 0.0834 e. The van der Waals surface area contributed by atoms with Crippen LogP contribution in [0.1, 0.15) is 43.8 Å². The molecule has 0 amide bonds. The standard InChI is InChI=1S/C15H26ClN5/c1-20(2)8-9-21-15(13(16)11-18-21)14(19-17)10-12-6-4-3-5-7-12/h6,11,14,19H,3-5,7-10,17H2,1-2H3. The van der Waals surface area contributed by atoms with Gasteiger partial charge in [-0.1, -0.05) is 23.3 Å². The van der Waals surface area contributed by atoms with Crippen LogP contribution in [-0.2, 0) is 6.54 Å². The third kappa shape index (κ3) is 4.54. The van der Waals surface area contributed by atoms with Crippen molar-refractivity contribution in [3.63, 3.8) is 0 Å². The summed E-state index contributed by atoms with van der Waals surface area (Å²) in [5.41, 5.74) is 5.39.